The summed E-state index contributed by atoms with van der Waals surface area (Å²) in [6.45, 7) is 4.05. The van der Waals surface area contributed by atoms with Crippen LogP contribution in [-0.2, 0) is 4.79 Å². The number of hydrogen-bond donors (Lipinski definition) is 0. The van der Waals surface area contributed by atoms with Gasteiger partial charge < -0.3 is 9.90 Å². The molecule has 80 valence electrons. The Labute approximate surface area is 87.1 Å². The molecule has 3 heteroatoms. The lowest BCUT2D eigenvalue weighted by molar-refractivity contribution is -0.311. The Morgan fingerprint density at radius 3 is 2.23 bits per heavy atom. The van der Waals surface area contributed by atoms with Crippen LogP contribution in [0, 0.1) is 5.92 Å². The molecule has 0 saturated heterocycles. The van der Waals surface area contributed by atoms with E-state index in [0.717, 1.165) is 19.3 Å². The van der Waals surface area contributed by atoms with Gasteiger partial charge >= 0.3 is 0 Å². The summed E-state index contributed by atoms with van der Waals surface area (Å²) in [5, 5.41) is 10.5. The Balaban J connectivity index is 0. The first-order valence-corrected chi connectivity index (χ1v) is 4.93. The van der Waals surface area contributed by atoms with Crippen molar-refractivity contribution in [1.29, 1.82) is 0 Å². The predicted octanol–water partition coefficient (Wildman–Crippen LogP) is 2.15. The van der Waals surface area contributed by atoms with Crippen molar-refractivity contribution in [3.8, 4) is 0 Å². The average molecular weight is 208 g/mol. The number of aliphatic carboxylic acids is 1. The van der Waals surface area contributed by atoms with Crippen LogP contribution in [0.25, 0.3) is 0 Å². The fourth-order valence-electron chi connectivity index (χ4n) is 1.31. The fourth-order valence-corrected chi connectivity index (χ4v) is 1.31. The maximum Gasteiger partial charge on any atom is 0.0445 e. The molecule has 0 aromatic heterocycles. The third-order valence-electron chi connectivity index (χ3n) is 2.23. The van der Waals surface area contributed by atoms with E-state index in [2.05, 4.69) is 6.92 Å². The first-order chi connectivity index (χ1) is 5.72. The largest absolute Gasteiger partial charge is 0.550 e. The van der Waals surface area contributed by atoms with Crippen LogP contribution in [0.1, 0.15) is 52.4 Å². The van der Waals surface area contributed by atoms with Crippen LogP contribution in [0.2, 0.25) is 0 Å². The summed E-state index contributed by atoms with van der Waals surface area (Å²) in [5.41, 5.74) is 0. The fraction of sp³-hybridized carbons (Fsp3) is 0.900. The van der Waals surface area contributed by atoms with Crippen molar-refractivity contribution in [2.75, 3.05) is 0 Å². The molecule has 0 aliphatic carbocycles. The second kappa shape index (κ2) is 9.85. The van der Waals surface area contributed by atoms with E-state index in [-0.39, 0.29) is 18.3 Å². The topological polar surface area (TPSA) is 40.1 Å². The van der Waals surface area contributed by atoms with Gasteiger partial charge in [0.2, 0.25) is 0 Å². The van der Waals surface area contributed by atoms with Gasteiger partial charge in [0.1, 0.15) is 0 Å². The highest BCUT2D eigenvalue weighted by molar-refractivity contribution is 5.85. The smallest absolute Gasteiger partial charge is 0.0445 e. The minimum atomic E-state index is -0.881. The summed E-state index contributed by atoms with van der Waals surface area (Å²) in [6.07, 6.45) is 6.08. The van der Waals surface area contributed by atoms with Crippen LogP contribution in [-0.4, -0.2) is 5.97 Å². The van der Waals surface area contributed by atoms with Crippen molar-refractivity contribution in [2.24, 2.45) is 5.92 Å². The van der Waals surface area contributed by atoms with Crippen LogP contribution in [0.4, 0.5) is 0 Å². The van der Waals surface area contributed by atoms with Crippen molar-refractivity contribution in [2.45, 2.75) is 52.4 Å². The summed E-state index contributed by atoms with van der Waals surface area (Å²) in [7, 11) is 0. The lowest BCUT2D eigenvalue weighted by atomic mass is 9.99. The zero-order chi connectivity index (χ0) is 9.40. The highest BCUT2D eigenvalue weighted by atomic mass is 35.5. The molecule has 0 aliphatic rings. The normalized spacial score (nSPS) is 11.8. The predicted molar refractivity (Wildman–Crippen MR) is 54.8 cm³/mol. The molecule has 1 atom stereocenters. The first kappa shape index (κ1) is 15.2. The first-order valence-electron chi connectivity index (χ1n) is 4.93. The molecule has 0 amide bonds. The third-order valence-corrected chi connectivity index (χ3v) is 2.23. The van der Waals surface area contributed by atoms with Crippen LogP contribution < -0.4 is 5.11 Å². The Kier molecular flexibility index (Phi) is 11.5. The van der Waals surface area contributed by atoms with E-state index in [9.17, 15) is 9.90 Å². The summed E-state index contributed by atoms with van der Waals surface area (Å²) < 4.78 is 0. The van der Waals surface area contributed by atoms with Crippen LogP contribution >= 0.6 is 12.4 Å². The van der Waals surface area contributed by atoms with Gasteiger partial charge in [-0.05, 0) is 18.8 Å². The van der Waals surface area contributed by atoms with Crippen molar-refractivity contribution >= 4 is 18.4 Å². The van der Waals surface area contributed by atoms with E-state index in [1.165, 1.54) is 12.8 Å². The maximum absolute atomic E-state index is 10.5. The Morgan fingerprint density at radius 2 is 1.85 bits per heavy atom. The van der Waals surface area contributed by atoms with Gasteiger partial charge in [-0.2, -0.15) is 0 Å². The van der Waals surface area contributed by atoms with E-state index in [1.54, 1.807) is 0 Å². The van der Waals surface area contributed by atoms with Crippen LogP contribution in [0.15, 0.2) is 0 Å². The standard InChI is InChI=1S/C10H20O2.ClH/c1-3-5-6-7-8-9(4-2)10(11)12;/h9H,3-8H2,1-2H3,(H,11,12);1H/p-1. The number of rotatable bonds is 7. The second-order valence-electron chi connectivity index (χ2n) is 3.27. The lowest BCUT2D eigenvalue weighted by Gasteiger charge is -2.14. The van der Waals surface area contributed by atoms with E-state index in [0.29, 0.717) is 6.42 Å². The highest BCUT2D eigenvalue weighted by Crippen LogP contribution is 2.13. The van der Waals surface area contributed by atoms with Gasteiger partial charge in [0.05, 0.1) is 0 Å². The zero-order valence-electron chi connectivity index (χ0n) is 8.54. The molecule has 0 aromatic rings. The number of halogens is 1. The quantitative estimate of drug-likeness (QED) is 0.601. The Hall–Kier alpha value is -0.240. The molecule has 2 nitrogen and oxygen atoms in total. The molecule has 0 N–H and O–H groups in total. The zero-order valence-corrected chi connectivity index (χ0v) is 9.36. The van der Waals surface area contributed by atoms with E-state index in [4.69, 9.17) is 0 Å². The van der Waals surface area contributed by atoms with E-state index < -0.39 is 5.97 Å². The number of carbonyl (C=O) groups is 1. The second-order valence-corrected chi connectivity index (χ2v) is 3.27. The Morgan fingerprint density at radius 1 is 1.23 bits per heavy atom. The van der Waals surface area contributed by atoms with Crippen molar-refractivity contribution < 1.29 is 9.90 Å². The van der Waals surface area contributed by atoms with E-state index >= 15 is 0 Å². The van der Waals surface area contributed by atoms with Crippen molar-refractivity contribution in [3.63, 3.8) is 0 Å². The van der Waals surface area contributed by atoms with Gasteiger partial charge in [0.15, 0.2) is 0 Å². The maximum atomic E-state index is 10.5. The van der Waals surface area contributed by atoms with Crippen molar-refractivity contribution in [3.05, 3.63) is 0 Å². The lowest BCUT2D eigenvalue weighted by Crippen LogP contribution is -2.30. The van der Waals surface area contributed by atoms with Gasteiger partial charge in [0, 0.05) is 5.97 Å². The van der Waals surface area contributed by atoms with Crippen LogP contribution in [0.3, 0.4) is 0 Å². The van der Waals surface area contributed by atoms with E-state index in [1.807, 2.05) is 6.92 Å². The number of carboxylic acid groups (broad SMARTS) is 1. The number of carbonyl (C=O) groups excluding carboxylic acids is 1. The van der Waals surface area contributed by atoms with Crippen molar-refractivity contribution in [1.82, 2.24) is 0 Å². The number of hydrogen-bond acceptors (Lipinski definition) is 2. The molecule has 0 aliphatic heterocycles. The molecule has 0 spiro atoms. The average Bonchev–Trinajstić information content (AvgIpc) is 2.04. The molecule has 0 rings (SSSR count). The monoisotopic (exact) mass is 207 g/mol. The van der Waals surface area contributed by atoms with Gasteiger partial charge in [-0.3, -0.25) is 0 Å². The summed E-state index contributed by atoms with van der Waals surface area (Å²) in [4.78, 5) is 10.5. The molecular weight excluding hydrogens is 188 g/mol. The van der Waals surface area contributed by atoms with Gasteiger partial charge in [-0.25, -0.2) is 0 Å². The molecule has 0 aromatic carbocycles. The summed E-state index contributed by atoms with van der Waals surface area (Å²) in [5.74, 6) is -1.10. The number of unbranched alkanes of at least 4 members (excludes halogenated alkanes) is 3. The number of carboxylic acids is 1. The minimum Gasteiger partial charge on any atom is -0.550 e. The van der Waals surface area contributed by atoms with Gasteiger partial charge in [-0.1, -0.05) is 39.5 Å². The minimum absolute atomic E-state index is 0. The highest BCUT2D eigenvalue weighted by Gasteiger charge is 2.05. The van der Waals surface area contributed by atoms with Gasteiger partial charge in [-0.15, -0.1) is 12.4 Å². The van der Waals surface area contributed by atoms with Gasteiger partial charge in [0.25, 0.3) is 0 Å². The molecule has 0 bridgehead atoms. The summed E-state index contributed by atoms with van der Waals surface area (Å²) in [6, 6.07) is 0. The SMILES string of the molecule is CCCCCCC(CC)C(=O)[O-].Cl. The molecule has 0 radical (unpaired) electrons. The molecule has 13 heavy (non-hydrogen) atoms. The van der Waals surface area contributed by atoms with Crippen LogP contribution in [0.5, 0.6) is 0 Å². The molecule has 0 saturated carbocycles. The molecular formula is C10H20ClO2-. The summed E-state index contributed by atoms with van der Waals surface area (Å²) >= 11 is 0. The molecule has 0 heterocycles. The third kappa shape index (κ3) is 8.10. The molecule has 0 fully saturated rings. The Bertz CT molecular complexity index is 126. The molecule has 1 unspecified atom stereocenters.